The van der Waals surface area contributed by atoms with E-state index in [0.717, 1.165) is 12.0 Å². The van der Waals surface area contributed by atoms with Crippen molar-refractivity contribution in [2.24, 2.45) is 23.7 Å². The predicted octanol–water partition coefficient (Wildman–Crippen LogP) is 5.28. The molecule has 8 heteroatoms. The molecule has 2 aliphatic carbocycles. The van der Waals surface area contributed by atoms with E-state index in [1.54, 1.807) is 48.5 Å². The second-order valence-corrected chi connectivity index (χ2v) is 9.29. The highest BCUT2D eigenvalue weighted by molar-refractivity contribution is 6.22. The number of amides is 2. The van der Waals surface area contributed by atoms with Crippen molar-refractivity contribution in [1.82, 2.24) is 0 Å². The summed E-state index contributed by atoms with van der Waals surface area (Å²) in [5.41, 5.74) is 1.52. The van der Waals surface area contributed by atoms with Gasteiger partial charge < -0.3 is 9.47 Å². The number of benzene rings is 3. The molecule has 0 aromatic heterocycles. The molecule has 36 heavy (non-hydrogen) atoms. The summed E-state index contributed by atoms with van der Waals surface area (Å²) in [5.74, 6) is 1.51. The van der Waals surface area contributed by atoms with Gasteiger partial charge in [0.05, 0.1) is 22.4 Å². The number of allylic oxidation sites excluding steroid dienone is 2. The van der Waals surface area contributed by atoms with Crippen molar-refractivity contribution in [3.63, 3.8) is 0 Å². The number of nitro groups is 1. The SMILES string of the molecule is O=C1[C@@H]2[C@@H](C(=O)N1c1ccc(OCc3ccc(Oc4ccc([N+](=O)[O-])cc4)cc3)cc1)[C@H]1C=C[C@H]2C1. The molecule has 1 heterocycles. The number of ether oxygens (including phenoxy) is 2. The molecule has 8 nitrogen and oxygen atoms in total. The molecule has 2 amide bonds. The number of imide groups is 1. The Hall–Kier alpha value is -4.46. The summed E-state index contributed by atoms with van der Waals surface area (Å²) in [4.78, 5) is 37.6. The van der Waals surface area contributed by atoms with Crippen molar-refractivity contribution in [2.75, 3.05) is 4.90 Å². The average Bonchev–Trinajstić information content (AvgIpc) is 3.58. The van der Waals surface area contributed by atoms with E-state index in [4.69, 9.17) is 9.47 Å². The first-order chi connectivity index (χ1) is 17.5. The number of hydrogen-bond donors (Lipinski definition) is 0. The lowest BCUT2D eigenvalue weighted by Crippen LogP contribution is -2.32. The molecular weight excluding hydrogens is 460 g/mol. The van der Waals surface area contributed by atoms with Crippen LogP contribution in [0.25, 0.3) is 0 Å². The van der Waals surface area contributed by atoms with Gasteiger partial charge in [-0.3, -0.25) is 24.6 Å². The maximum Gasteiger partial charge on any atom is 0.269 e. The summed E-state index contributed by atoms with van der Waals surface area (Å²) in [6, 6.07) is 20.3. The van der Waals surface area contributed by atoms with E-state index in [1.165, 1.54) is 17.0 Å². The number of rotatable bonds is 7. The topological polar surface area (TPSA) is 99.0 Å². The number of carbonyl (C=O) groups is 2. The van der Waals surface area contributed by atoms with Crippen molar-refractivity contribution in [2.45, 2.75) is 13.0 Å². The zero-order valence-corrected chi connectivity index (χ0v) is 19.2. The second kappa shape index (κ2) is 8.64. The number of carbonyl (C=O) groups excluding carboxylic acids is 2. The van der Waals surface area contributed by atoms with Gasteiger partial charge in [-0.1, -0.05) is 24.3 Å². The Bertz CT molecular complexity index is 1330. The maximum atomic E-state index is 13.0. The van der Waals surface area contributed by atoms with Crippen LogP contribution in [0.5, 0.6) is 17.2 Å². The third-order valence-corrected chi connectivity index (χ3v) is 7.18. The third kappa shape index (κ3) is 3.80. The molecule has 0 spiro atoms. The predicted molar refractivity (Wildman–Crippen MR) is 131 cm³/mol. The first kappa shape index (κ1) is 22.0. The van der Waals surface area contributed by atoms with Gasteiger partial charge in [0.1, 0.15) is 23.9 Å². The van der Waals surface area contributed by atoms with Crippen molar-refractivity contribution >= 4 is 23.2 Å². The Labute approximate surface area is 206 Å². The molecule has 1 saturated heterocycles. The molecule has 3 aromatic carbocycles. The Morgan fingerprint density at radius 3 is 1.86 bits per heavy atom. The molecule has 4 atom stereocenters. The minimum absolute atomic E-state index is 0.00765. The van der Waals surface area contributed by atoms with Crippen LogP contribution < -0.4 is 14.4 Å². The molecule has 2 bridgehead atoms. The lowest BCUT2D eigenvalue weighted by Gasteiger charge is -2.17. The largest absolute Gasteiger partial charge is 0.489 e. The Kier molecular flexibility index (Phi) is 5.29. The molecule has 3 aliphatic rings. The lowest BCUT2D eigenvalue weighted by molar-refractivity contribution is -0.384. The lowest BCUT2D eigenvalue weighted by atomic mass is 9.85. The van der Waals surface area contributed by atoms with E-state index >= 15 is 0 Å². The summed E-state index contributed by atoms with van der Waals surface area (Å²) < 4.78 is 11.6. The van der Waals surface area contributed by atoms with Gasteiger partial charge in [0, 0.05) is 12.1 Å². The van der Waals surface area contributed by atoms with Crippen molar-refractivity contribution in [1.29, 1.82) is 0 Å². The van der Waals surface area contributed by atoms with E-state index in [-0.39, 0.29) is 41.2 Å². The Morgan fingerprint density at radius 2 is 1.31 bits per heavy atom. The summed E-state index contributed by atoms with van der Waals surface area (Å²) in [7, 11) is 0. The molecule has 2 fully saturated rings. The van der Waals surface area contributed by atoms with E-state index in [2.05, 4.69) is 12.2 Å². The van der Waals surface area contributed by atoms with Crippen LogP contribution in [-0.2, 0) is 16.2 Å². The van der Waals surface area contributed by atoms with Crippen LogP contribution in [0, 0.1) is 33.8 Å². The molecule has 0 radical (unpaired) electrons. The van der Waals surface area contributed by atoms with Gasteiger partial charge in [-0.2, -0.15) is 0 Å². The fraction of sp³-hybridized carbons (Fsp3) is 0.214. The molecular formula is C28H22N2O6. The fourth-order valence-electron chi connectivity index (χ4n) is 5.44. The summed E-state index contributed by atoms with van der Waals surface area (Å²) in [6.07, 6.45) is 5.09. The number of nitrogens with zero attached hydrogens (tertiary/aromatic N) is 2. The van der Waals surface area contributed by atoms with E-state index < -0.39 is 4.92 Å². The van der Waals surface area contributed by atoms with Gasteiger partial charge in [0.2, 0.25) is 11.8 Å². The van der Waals surface area contributed by atoms with Gasteiger partial charge in [0.15, 0.2) is 0 Å². The van der Waals surface area contributed by atoms with Crippen molar-refractivity contribution in [3.05, 3.63) is 101 Å². The standard InChI is InChI=1S/C28H22N2O6/c31-27-25-18-3-4-19(15-18)26(25)28(32)29(27)20-5-11-22(12-6-20)35-16-17-1-9-23(10-2-17)36-24-13-7-21(8-14-24)30(33)34/h1-14,18-19,25-26H,15-16H2/t18-,19-,25-,26-/m0/s1. The van der Waals surface area contributed by atoms with Crippen LogP contribution in [0.2, 0.25) is 0 Å². The highest BCUT2D eigenvalue weighted by atomic mass is 16.6. The van der Waals surface area contributed by atoms with E-state index in [0.29, 0.717) is 29.5 Å². The zero-order valence-electron chi connectivity index (χ0n) is 19.2. The summed E-state index contributed by atoms with van der Waals surface area (Å²) in [6.45, 7) is 0.331. The zero-order chi connectivity index (χ0) is 24.8. The number of hydrogen-bond acceptors (Lipinski definition) is 6. The van der Waals surface area contributed by atoms with Gasteiger partial charge in [0.25, 0.3) is 5.69 Å². The quantitative estimate of drug-likeness (QED) is 0.197. The van der Waals surface area contributed by atoms with Gasteiger partial charge in [-0.15, -0.1) is 0 Å². The first-order valence-corrected chi connectivity index (χ1v) is 11.8. The van der Waals surface area contributed by atoms with E-state index in [1.807, 2.05) is 12.1 Å². The highest BCUT2D eigenvalue weighted by Crippen LogP contribution is 2.53. The number of fused-ring (bicyclic) bond motifs is 5. The maximum absolute atomic E-state index is 13.0. The van der Waals surface area contributed by atoms with Crippen LogP contribution >= 0.6 is 0 Å². The summed E-state index contributed by atoms with van der Waals surface area (Å²) >= 11 is 0. The van der Waals surface area contributed by atoms with Crippen LogP contribution in [-0.4, -0.2) is 16.7 Å². The third-order valence-electron chi connectivity index (χ3n) is 7.18. The molecule has 180 valence electrons. The Balaban J connectivity index is 1.05. The van der Waals surface area contributed by atoms with Gasteiger partial charge in [-0.05, 0) is 72.4 Å². The normalized spacial score (nSPS) is 23.7. The number of nitro benzene ring substituents is 1. The molecule has 1 aliphatic heterocycles. The molecule has 0 unspecified atom stereocenters. The van der Waals surface area contributed by atoms with Crippen LogP contribution in [0.15, 0.2) is 84.9 Å². The molecule has 0 N–H and O–H groups in total. The van der Waals surface area contributed by atoms with Crippen LogP contribution in [0.3, 0.4) is 0 Å². The van der Waals surface area contributed by atoms with Crippen molar-refractivity contribution in [3.8, 4) is 17.2 Å². The molecule has 1 saturated carbocycles. The highest BCUT2D eigenvalue weighted by Gasteiger charge is 2.59. The minimum atomic E-state index is -0.455. The van der Waals surface area contributed by atoms with Crippen molar-refractivity contribution < 1.29 is 24.0 Å². The molecule has 6 rings (SSSR count). The smallest absolute Gasteiger partial charge is 0.269 e. The molecule has 3 aromatic rings. The van der Waals surface area contributed by atoms with Crippen LogP contribution in [0.4, 0.5) is 11.4 Å². The number of anilines is 1. The second-order valence-electron chi connectivity index (χ2n) is 9.29. The van der Waals surface area contributed by atoms with Crippen LogP contribution in [0.1, 0.15) is 12.0 Å². The average molecular weight is 482 g/mol. The summed E-state index contributed by atoms with van der Waals surface area (Å²) in [5, 5.41) is 10.8. The number of non-ortho nitro benzene ring substituents is 1. The fourth-order valence-corrected chi connectivity index (χ4v) is 5.44. The van der Waals surface area contributed by atoms with E-state index in [9.17, 15) is 19.7 Å². The monoisotopic (exact) mass is 482 g/mol. The minimum Gasteiger partial charge on any atom is -0.489 e. The Morgan fingerprint density at radius 1 is 0.778 bits per heavy atom. The van der Waals surface area contributed by atoms with Gasteiger partial charge in [-0.25, -0.2) is 0 Å². The van der Waals surface area contributed by atoms with Gasteiger partial charge >= 0.3 is 0 Å². The first-order valence-electron chi connectivity index (χ1n) is 11.8.